The lowest BCUT2D eigenvalue weighted by Gasteiger charge is -2.20. The van der Waals surface area contributed by atoms with Gasteiger partial charge in [-0.25, -0.2) is 4.39 Å². The molecule has 2 atom stereocenters. The van der Waals surface area contributed by atoms with E-state index in [0.717, 1.165) is 0 Å². The molecule has 1 fully saturated rings. The quantitative estimate of drug-likeness (QED) is 0.938. The van der Waals surface area contributed by atoms with E-state index >= 15 is 0 Å². The maximum absolute atomic E-state index is 13.6. The van der Waals surface area contributed by atoms with Crippen molar-refractivity contribution in [3.05, 3.63) is 58.3 Å². The zero-order valence-electron chi connectivity index (χ0n) is 11.9. The minimum Gasteiger partial charge on any atom is -0.469 e. The molecule has 1 N–H and O–H groups in total. The van der Waals surface area contributed by atoms with Crippen molar-refractivity contribution in [1.29, 1.82) is 0 Å². The number of ether oxygens (including phenoxy) is 1. The molecule has 4 nitrogen and oxygen atoms in total. The average Bonchev–Trinajstić information content (AvgIpc) is 3.11. The first-order valence-electron chi connectivity index (χ1n) is 6.98. The smallest absolute Gasteiger partial charge is 0.255 e. The van der Waals surface area contributed by atoms with Gasteiger partial charge in [0.15, 0.2) is 0 Å². The number of halogens is 2. The number of aryl methyl sites for hydroxylation is 1. The van der Waals surface area contributed by atoms with Crippen molar-refractivity contribution in [2.45, 2.75) is 25.5 Å². The van der Waals surface area contributed by atoms with Gasteiger partial charge in [0.1, 0.15) is 17.7 Å². The third-order valence-electron chi connectivity index (χ3n) is 3.78. The Labute approximate surface area is 132 Å². The molecule has 0 aliphatic carbocycles. The predicted molar refractivity (Wildman–Crippen MR) is 79.4 cm³/mol. The van der Waals surface area contributed by atoms with E-state index in [0.29, 0.717) is 29.9 Å². The molecular weight excluding hydrogens is 309 g/mol. The van der Waals surface area contributed by atoms with E-state index in [1.54, 1.807) is 19.1 Å². The first kappa shape index (κ1) is 15.1. The molecule has 1 saturated heterocycles. The van der Waals surface area contributed by atoms with Gasteiger partial charge in [0.05, 0.1) is 22.9 Å². The second kappa shape index (κ2) is 6.10. The van der Waals surface area contributed by atoms with Crippen LogP contribution in [0.15, 0.2) is 34.9 Å². The van der Waals surface area contributed by atoms with Crippen LogP contribution in [-0.2, 0) is 4.74 Å². The Morgan fingerprint density at radius 1 is 1.41 bits per heavy atom. The van der Waals surface area contributed by atoms with Gasteiger partial charge < -0.3 is 14.5 Å². The average molecular weight is 324 g/mol. The monoisotopic (exact) mass is 323 g/mol. The number of amides is 1. The summed E-state index contributed by atoms with van der Waals surface area (Å²) in [5.74, 6) is -0.155. The number of benzene rings is 1. The third-order valence-corrected chi connectivity index (χ3v) is 4.09. The molecule has 0 spiro atoms. The van der Waals surface area contributed by atoms with Crippen molar-refractivity contribution in [2.24, 2.45) is 0 Å². The molecule has 1 aliphatic heterocycles. The summed E-state index contributed by atoms with van der Waals surface area (Å²) in [4.78, 5) is 12.3. The van der Waals surface area contributed by atoms with Gasteiger partial charge in [0, 0.05) is 6.61 Å². The van der Waals surface area contributed by atoms with Gasteiger partial charge in [-0.1, -0.05) is 17.7 Å². The molecule has 1 aliphatic rings. The van der Waals surface area contributed by atoms with Crippen LogP contribution in [0.25, 0.3) is 0 Å². The van der Waals surface area contributed by atoms with Crippen molar-refractivity contribution < 1.29 is 18.3 Å². The molecule has 0 unspecified atom stereocenters. The molecule has 0 bridgehead atoms. The van der Waals surface area contributed by atoms with Gasteiger partial charge in [0.25, 0.3) is 5.91 Å². The van der Waals surface area contributed by atoms with Gasteiger partial charge in [-0.05, 0) is 37.1 Å². The highest BCUT2D eigenvalue weighted by atomic mass is 35.5. The number of hydrogen-bond acceptors (Lipinski definition) is 3. The number of furan rings is 1. The second-order valence-electron chi connectivity index (χ2n) is 5.22. The highest BCUT2D eigenvalue weighted by Crippen LogP contribution is 2.31. The number of carbonyl (C=O) groups excluding carboxylic acids is 1. The summed E-state index contributed by atoms with van der Waals surface area (Å²) in [7, 11) is 0. The highest BCUT2D eigenvalue weighted by molar-refractivity contribution is 6.30. The maximum atomic E-state index is 13.6. The Morgan fingerprint density at radius 3 is 2.91 bits per heavy atom. The summed E-state index contributed by atoms with van der Waals surface area (Å²) in [6, 6.07) is 5.96. The number of nitrogens with one attached hydrogen (secondary N) is 1. The number of rotatable bonds is 3. The fourth-order valence-corrected chi connectivity index (χ4v) is 2.74. The standard InChI is InChI=1S/C16H15ClFNO3/c1-9-11(4-6-21-9)16(20)19-14-5-7-22-15(14)10-2-3-12(17)13(18)8-10/h2-4,6,8,14-15H,5,7H2,1H3,(H,19,20)/t14-,15-/m0/s1. The molecule has 22 heavy (non-hydrogen) atoms. The van der Waals surface area contributed by atoms with E-state index in [1.165, 1.54) is 18.4 Å². The van der Waals surface area contributed by atoms with Crippen LogP contribution in [0.4, 0.5) is 4.39 Å². The lowest BCUT2D eigenvalue weighted by Crippen LogP contribution is -2.36. The second-order valence-corrected chi connectivity index (χ2v) is 5.63. The van der Waals surface area contributed by atoms with Crippen LogP contribution >= 0.6 is 11.6 Å². The lowest BCUT2D eigenvalue weighted by molar-refractivity contribution is 0.0819. The molecule has 1 aromatic carbocycles. The van der Waals surface area contributed by atoms with Gasteiger partial charge in [-0.15, -0.1) is 0 Å². The number of hydrogen-bond donors (Lipinski definition) is 1. The van der Waals surface area contributed by atoms with E-state index < -0.39 is 5.82 Å². The van der Waals surface area contributed by atoms with Crippen LogP contribution in [0.3, 0.4) is 0 Å². The van der Waals surface area contributed by atoms with Crippen molar-refractivity contribution in [3.8, 4) is 0 Å². The van der Waals surface area contributed by atoms with Crippen LogP contribution in [-0.4, -0.2) is 18.6 Å². The van der Waals surface area contributed by atoms with Crippen molar-refractivity contribution in [1.82, 2.24) is 5.32 Å². The van der Waals surface area contributed by atoms with E-state index in [-0.39, 0.29) is 23.1 Å². The van der Waals surface area contributed by atoms with Gasteiger partial charge in [-0.2, -0.15) is 0 Å². The molecule has 1 aromatic heterocycles. The minimum atomic E-state index is -0.495. The number of carbonyl (C=O) groups is 1. The van der Waals surface area contributed by atoms with E-state index in [4.69, 9.17) is 20.8 Å². The SMILES string of the molecule is Cc1occc1C(=O)N[C@H]1CCO[C@H]1c1ccc(Cl)c(F)c1. The molecule has 3 rings (SSSR count). The van der Waals surface area contributed by atoms with Crippen molar-refractivity contribution in [2.75, 3.05) is 6.61 Å². The van der Waals surface area contributed by atoms with Crippen LogP contribution < -0.4 is 5.32 Å². The largest absolute Gasteiger partial charge is 0.469 e. The Balaban J connectivity index is 1.77. The van der Waals surface area contributed by atoms with Crippen LogP contribution in [0.1, 0.15) is 34.2 Å². The molecule has 1 amide bonds. The normalized spacial score (nSPS) is 21.0. The van der Waals surface area contributed by atoms with E-state index in [9.17, 15) is 9.18 Å². The Morgan fingerprint density at radius 2 is 2.23 bits per heavy atom. The zero-order chi connectivity index (χ0) is 15.7. The van der Waals surface area contributed by atoms with Gasteiger partial charge in [-0.3, -0.25) is 4.79 Å². The fourth-order valence-electron chi connectivity index (χ4n) is 2.62. The van der Waals surface area contributed by atoms with E-state index in [2.05, 4.69) is 5.32 Å². The Kier molecular flexibility index (Phi) is 4.18. The van der Waals surface area contributed by atoms with Crippen molar-refractivity contribution >= 4 is 17.5 Å². The molecule has 0 radical (unpaired) electrons. The van der Waals surface area contributed by atoms with Crippen molar-refractivity contribution in [3.63, 3.8) is 0 Å². The van der Waals surface area contributed by atoms with Crippen LogP contribution in [0.2, 0.25) is 5.02 Å². The Bertz CT molecular complexity index is 700. The third kappa shape index (κ3) is 2.87. The van der Waals surface area contributed by atoms with E-state index in [1.807, 2.05) is 0 Å². The van der Waals surface area contributed by atoms with Gasteiger partial charge in [0.2, 0.25) is 0 Å². The lowest BCUT2D eigenvalue weighted by atomic mass is 10.0. The summed E-state index contributed by atoms with van der Waals surface area (Å²) in [5, 5.41) is 2.99. The summed E-state index contributed by atoms with van der Waals surface area (Å²) < 4.78 is 24.4. The molecule has 0 saturated carbocycles. The zero-order valence-corrected chi connectivity index (χ0v) is 12.7. The first-order chi connectivity index (χ1) is 10.6. The molecule has 116 valence electrons. The maximum Gasteiger partial charge on any atom is 0.255 e. The van der Waals surface area contributed by atoms with Gasteiger partial charge >= 0.3 is 0 Å². The molecule has 2 heterocycles. The summed E-state index contributed by atoms with van der Waals surface area (Å²) in [5.41, 5.74) is 1.15. The van der Waals surface area contributed by atoms with Crippen LogP contribution in [0.5, 0.6) is 0 Å². The summed E-state index contributed by atoms with van der Waals surface area (Å²) >= 11 is 5.70. The summed E-state index contributed by atoms with van der Waals surface area (Å²) in [6.45, 7) is 2.23. The highest BCUT2D eigenvalue weighted by Gasteiger charge is 2.32. The minimum absolute atomic E-state index is 0.0661. The fraction of sp³-hybridized carbons (Fsp3) is 0.312. The molecular formula is C16H15ClFNO3. The van der Waals surface area contributed by atoms with Crippen LogP contribution in [0, 0.1) is 12.7 Å². The first-order valence-corrected chi connectivity index (χ1v) is 7.35. The molecule has 6 heteroatoms. The predicted octanol–water partition coefficient (Wildman–Crippen LogP) is 3.64. The summed E-state index contributed by atoms with van der Waals surface area (Å²) in [6.07, 6.45) is 1.75. The molecule has 2 aromatic rings. The topological polar surface area (TPSA) is 51.5 Å². The Hall–Kier alpha value is -1.85.